The molecule has 52 heavy (non-hydrogen) atoms. The molecule has 1 atom stereocenters. The highest BCUT2D eigenvalue weighted by molar-refractivity contribution is 7.81. The first-order chi connectivity index (χ1) is 24.9. The molecule has 1 aromatic heterocycles. The Kier molecular flexibility index (Phi) is 28.4. The second-order valence-electron chi connectivity index (χ2n) is 11.2. The highest BCUT2D eigenvalue weighted by Crippen LogP contribution is 2.20. The maximum Gasteiger partial charge on any atom is 0.336 e. The third-order valence-corrected chi connectivity index (χ3v) is 8.23. The van der Waals surface area contributed by atoms with Crippen LogP contribution in [0.2, 0.25) is 0 Å². The normalized spacial score (nSPS) is 11.1. The van der Waals surface area contributed by atoms with Crippen molar-refractivity contribution < 1.29 is 47.7 Å². The summed E-state index contributed by atoms with van der Waals surface area (Å²) in [6, 6.07) is 0. The Bertz CT molecular complexity index is 1260. The van der Waals surface area contributed by atoms with Crippen molar-refractivity contribution in [1.82, 2.24) is 13.7 Å². The van der Waals surface area contributed by atoms with Crippen LogP contribution < -0.4 is 17.1 Å². The van der Waals surface area contributed by atoms with E-state index >= 15 is 0 Å². The Balaban J connectivity index is 0.00000105. The van der Waals surface area contributed by atoms with Gasteiger partial charge in [-0.25, -0.2) is 28.1 Å². The van der Waals surface area contributed by atoms with Crippen molar-refractivity contribution in [3.8, 4) is 0 Å². The Hall–Kier alpha value is -3.19. The number of aromatic nitrogens is 3. The molecule has 0 amide bonds. The summed E-state index contributed by atoms with van der Waals surface area (Å²) in [6.45, 7) is 4.91. The molecular formula is C33H55N3O13S3. The van der Waals surface area contributed by atoms with E-state index in [0.717, 1.165) is 31.6 Å². The maximum absolute atomic E-state index is 12.6. The number of hydrogen-bond donors (Lipinski definition) is 3. The van der Waals surface area contributed by atoms with Crippen LogP contribution in [0.4, 0.5) is 0 Å². The summed E-state index contributed by atoms with van der Waals surface area (Å²) >= 11 is 11.4. The van der Waals surface area contributed by atoms with Crippen molar-refractivity contribution in [1.29, 1.82) is 0 Å². The van der Waals surface area contributed by atoms with Crippen LogP contribution in [0.3, 0.4) is 0 Å². The number of esters is 5. The molecule has 0 spiro atoms. The molecule has 0 aliphatic heterocycles. The molecule has 16 nitrogen and oxygen atoms in total. The van der Waals surface area contributed by atoms with E-state index < -0.39 is 35.0 Å². The molecule has 0 aromatic carbocycles. The van der Waals surface area contributed by atoms with Crippen molar-refractivity contribution in [3.05, 3.63) is 31.5 Å². The topological polar surface area (TPSA) is 198 Å². The third-order valence-electron chi connectivity index (χ3n) is 7.45. The Labute approximate surface area is 320 Å². The Morgan fingerprint density at radius 2 is 0.788 bits per heavy atom. The number of nitrogens with zero attached hydrogens (tertiary/aromatic N) is 3. The molecule has 1 unspecified atom stereocenters. The first kappa shape index (κ1) is 48.8. The van der Waals surface area contributed by atoms with Gasteiger partial charge in [-0.15, -0.1) is 0 Å². The van der Waals surface area contributed by atoms with Crippen LogP contribution in [0.5, 0.6) is 0 Å². The van der Waals surface area contributed by atoms with Gasteiger partial charge in [0.1, 0.15) is 19.8 Å². The van der Waals surface area contributed by atoms with Gasteiger partial charge in [0.25, 0.3) is 0 Å². The number of carbonyl (C=O) groups excluding carboxylic acids is 5. The number of unbranched alkanes of at least 4 members (excludes halogenated alkanes) is 3. The van der Waals surface area contributed by atoms with Gasteiger partial charge in [0.05, 0.1) is 50.1 Å². The Morgan fingerprint density at radius 3 is 1.13 bits per heavy atom. The largest absolute Gasteiger partial charge is 0.466 e. The van der Waals surface area contributed by atoms with Gasteiger partial charge in [-0.05, 0) is 25.2 Å². The first-order valence-corrected chi connectivity index (χ1v) is 19.3. The molecule has 0 aliphatic rings. The van der Waals surface area contributed by atoms with Crippen molar-refractivity contribution in [2.45, 2.75) is 105 Å². The van der Waals surface area contributed by atoms with E-state index in [1.165, 1.54) is 25.7 Å². The summed E-state index contributed by atoms with van der Waals surface area (Å²) in [5.41, 5.74) is -2.87. The Morgan fingerprint density at radius 1 is 0.481 bits per heavy atom. The maximum atomic E-state index is 12.6. The molecule has 1 heterocycles. The third kappa shape index (κ3) is 21.4. The molecule has 0 N–H and O–H groups in total. The molecule has 0 saturated heterocycles. The first-order valence-electron chi connectivity index (χ1n) is 17.4. The number of hydrogen-bond acceptors (Lipinski definition) is 16. The lowest BCUT2D eigenvalue weighted by atomic mass is 9.93. The van der Waals surface area contributed by atoms with Gasteiger partial charge in [-0.3, -0.25) is 24.0 Å². The average molecular weight is 798 g/mol. The predicted molar refractivity (Wildman–Crippen MR) is 202 cm³/mol. The molecule has 1 rings (SSSR count). The van der Waals surface area contributed by atoms with E-state index in [4.69, 9.17) is 23.7 Å². The fraction of sp³-hybridized carbons (Fsp3) is 0.758. The van der Waals surface area contributed by atoms with Crippen LogP contribution in [0.25, 0.3) is 0 Å². The summed E-state index contributed by atoms with van der Waals surface area (Å²) in [5.74, 6) is -1.61. The summed E-state index contributed by atoms with van der Waals surface area (Å²) in [5, 5.41) is 0. The zero-order valence-corrected chi connectivity index (χ0v) is 33.1. The smallest absolute Gasteiger partial charge is 0.336 e. The fourth-order valence-electron chi connectivity index (χ4n) is 4.52. The SMILES string of the molecule is CCC(=O)OCCCCC(CC)CCCCCOC(=O)CS.CCC(=O)OCCn1c(=O)n(CCOC(=O)CS)c(=O)n(CCOC(=O)CS)c1=O. The summed E-state index contributed by atoms with van der Waals surface area (Å²) in [7, 11) is 0. The van der Waals surface area contributed by atoms with Crippen LogP contribution in [-0.2, 0) is 67.3 Å². The summed E-state index contributed by atoms with van der Waals surface area (Å²) < 4.78 is 26.7. The average Bonchev–Trinajstić information content (AvgIpc) is 3.15. The van der Waals surface area contributed by atoms with E-state index in [2.05, 4.69) is 44.8 Å². The minimum Gasteiger partial charge on any atom is -0.466 e. The second-order valence-corrected chi connectivity index (χ2v) is 12.2. The highest BCUT2D eigenvalue weighted by Gasteiger charge is 2.17. The van der Waals surface area contributed by atoms with E-state index in [-0.39, 0.29) is 75.1 Å². The standard InChI is InChI=1S/C17H32O4S.C16H23N3O9S2/c1-3-15(11-7-9-13-20-16(18)4-2)10-6-5-8-12-21-17(19)14-22;1-2-11(20)26-6-3-17-14(23)18(4-7-27-12(21)9-29)16(25)19(15(17)24)5-8-28-13(22)10-30/h15,22H,3-14H2,1-2H3;29-30H,2-10H2,1H3. The highest BCUT2D eigenvalue weighted by atomic mass is 32.1. The number of thiol groups is 3. The molecule has 1 aromatic rings. The number of carbonyl (C=O) groups is 5. The zero-order valence-electron chi connectivity index (χ0n) is 30.4. The molecule has 19 heteroatoms. The van der Waals surface area contributed by atoms with E-state index in [1.54, 1.807) is 6.92 Å². The van der Waals surface area contributed by atoms with Gasteiger partial charge in [0.15, 0.2) is 0 Å². The van der Waals surface area contributed by atoms with Gasteiger partial charge >= 0.3 is 46.9 Å². The predicted octanol–water partition coefficient (Wildman–Crippen LogP) is 2.24. The fourth-order valence-corrected chi connectivity index (χ4v) is 4.80. The van der Waals surface area contributed by atoms with Crippen LogP contribution in [0.15, 0.2) is 14.4 Å². The van der Waals surface area contributed by atoms with E-state index in [9.17, 15) is 38.4 Å². The number of ether oxygens (including phenoxy) is 5. The lowest BCUT2D eigenvalue weighted by molar-refractivity contribution is -0.144. The minimum absolute atomic E-state index is 0.106. The van der Waals surface area contributed by atoms with Crippen molar-refractivity contribution in [2.75, 3.05) is 50.3 Å². The van der Waals surface area contributed by atoms with Crippen LogP contribution in [0.1, 0.15) is 85.0 Å². The van der Waals surface area contributed by atoms with Crippen molar-refractivity contribution >= 4 is 67.7 Å². The quantitative estimate of drug-likeness (QED) is 0.0535. The van der Waals surface area contributed by atoms with Crippen LogP contribution in [-0.4, -0.2) is 93.8 Å². The lowest BCUT2D eigenvalue weighted by Crippen LogP contribution is -2.55. The molecule has 298 valence electrons. The van der Waals surface area contributed by atoms with Gasteiger partial charge in [-0.2, -0.15) is 37.9 Å². The molecule has 0 saturated carbocycles. The molecule has 0 radical (unpaired) electrons. The summed E-state index contributed by atoms with van der Waals surface area (Å²) in [4.78, 5) is 93.4. The van der Waals surface area contributed by atoms with E-state index in [0.29, 0.717) is 33.3 Å². The van der Waals surface area contributed by atoms with Gasteiger partial charge in [-0.1, -0.05) is 52.9 Å². The lowest BCUT2D eigenvalue weighted by Gasteiger charge is -2.14. The molecule has 0 fully saturated rings. The van der Waals surface area contributed by atoms with Gasteiger partial charge < -0.3 is 23.7 Å². The number of rotatable bonds is 26. The van der Waals surface area contributed by atoms with Crippen molar-refractivity contribution in [2.24, 2.45) is 5.92 Å². The monoisotopic (exact) mass is 797 g/mol. The second kappa shape index (κ2) is 30.3. The minimum atomic E-state index is -0.962. The molecule has 0 bridgehead atoms. The summed E-state index contributed by atoms with van der Waals surface area (Å²) in [6.07, 6.45) is 9.50. The molecular weight excluding hydrogens is 743 g/mol. The molecule has 0 aliphatic carbocycles. The van der Waals surface area contributed by atoms with Gasteiger partial charge in [0.2, 0.25) is 0 Å². The van der Waals surface area contributed by atoms with Gasteiger partial charge in [0, 0.05) is 12.8 Å². The van der Waals surface area contributed by atoms with Crippen LogP contribution >= 0.6 is 37.9 Å². The van der Waals surface area contributed by atoms with E-state index in [1.807, 2.05) is 6.92 Å². The zero-order chi connectivity index (χ0) is 39.3. The van der Waals surface area contributed by atoms with Crippen molar-refractivity contribution in [3.63, 3.8) is 0 Å². The van der Waals surface area contributed by atoms with Crippen LogP contribution in [0, 0.1) is 5.92 Å².